The molecule has 0 saturated carbocycles. The van der Waals surface area contributed by atoms with E-state index in [0.29, 0.717) is 40.4 Å². The van der Waals surface area contributed by atoms with Gasteiger partial charge in [-0.1, -0.05) is 17.7 Å². The highest BCUT2D eigenvalue weighted by molar-refractivity contribution is 8.14. The van der Waals surface area contributed by atoms with Crippen LogP contribution in [0.5, 0.6) is 5.88 Å². The van der Waals surface area contributed by atoms with E-state index in [9.17, 15) is 8.78 Å². The molecule has 1 aromatic carbocycles. The van der Waals surface area contributed by atoms with E-state index in [4.69, 9.17) is 10.5 Å². The van der Waals surface area contributed by atoms with Crippen molar-refractivity contribution in [2.75, 3.05) is 18.7 Å². The van der Waals surface area contributed by atoms with E-state index in [0.717, 1.165) is 0 Å². The molecular formula is C23H24F2N6OS. The molecule has 0 fully saturated rings. The number of rotatable bonds is 8. The lowest BCUT2D eigenvalue weighted by molar-refractivity contribution is 0.355. The zero-order chi connectivity index (χ0) is 23.8. The number of nitrogens with one attached hydrogen (secondary N) is 1. The predicted octanol–water partition coefficient (Wildman–Crippen LogP) is 4.61. The molecule has 0 spiro atoms. The van der Waals surface area contributed by atoms with Gasteiger partial charge in [-0.15, -0.1) is 5.92 Å². The fourth-order valence-corrected chi connectivity index (χ4v) is 3.97. The van der Waals surface area contributed by atoms with Crippen molar-refractivity contribution in [2.24, 2.45) is 10.7 Å². The molecule has 0 aliphatic heterocycles. The first-order valence-corrected chi connectivity index (χ1v) is 10.9. The van der Waals surface area contributed by atoms with Gasteiger partial charge in [0.25, 0.3) is 0 Å². The van der Waals surface area contributed by atoms with Crippen LogP contribution in [-0.2, 0) is 6.42 Å². The zero-order valence-corrected chi connectivity index (χ0v) is 19.3. The van der Waals surface area contributed by atoms with E-state index >= 15 is 0 Å². The van der Waals surface area contributed by atoms with Crippen molar-refractivity contribution < 1.29 is 13.5 Å². The maximum absolute atomic E-state index is 14.5. The molecule has 0 radical (unpaired) electrons. The Balaban J connectivity index is 1.82. The Kier molecular flexibility index (Phi) is 8.01. The number of hydrogen-bond donors (Lipinski definition) is 2. The summed E-state index contributed by atoms with van der Waals surface area (Å²) in [6.45, 7) is 4.86. The minimum Gasteiger partial charge on any atom is -0.463 e. The molecule has 3 rings (SSSR count). The third-order valence-electron chi connectivity index (χ3n) is 4.43. The van der Waals surface area contributed by atoms with Crippen LogP contribution in [0.1, 0.15) is 26.3 Å². The van der Waals surface area contributed by atoms with Gasteiger partial charge in [-0.3, -0.25) is 0 Å². The quantitative estimate of drug-likeness (QED) is 0.215. The summed E-state index contributed by atoms with van der Waals surface area (Å²) in [5, 5.41) is 3.31. The second-order valence-corrected chi connectivity index (χ2v) is 9.26. The van der Waals surface area contributed by atoms with E-state index in [-0.39, 0.29) is 17.6 Å². The molecule has 0 aliphatic rings. The molecule has 0 aliphatic carbocycles. The molecule has 172 valence electrons. The molecule has 3 aromatic rings. The van der Waals surface area contributed by atoms with Crippen LogP contribution >= 0.6 is 11.8 Å². The van der Waals surface area contributed by atoms with E-state index in [1.165, 1.54) is 24.0 Å². The van der Waals surface area contributed by atoms with Crippen LogP contribution in [0, 0.1) is 17.7 Å². The Morgan fingerprint density at radius 2 is 2.12 bits per heavy atom. The third-order valence-corrected chi connectivity index (χ3v) is 5.46. The summed E-state index contributed by atoms with van der Waals surface area (Å²) in [4.78, 5) is 16.7. The van der Waals surface area contributed by atoms with Gasteiger partial charge in [-0.25, -0.2) is 28.7 Å². The number of nitrogens with zero attached hydrogens (tertiary/aromatic N) is 4. The summed E-state index contributed by atoms with van der Waals surface area (Å²) in [6.07, 6.45) is 3.46. The first kappa shape index (κ1) is 24.2. The van der Waals surface area contributed by atoms with Crippen molar-refractivity contribution in [1.82, 2.24) is 15.0 Å². The van der Waals surface area contributed by atoms with Gasteiger partial charge in [0.15, 0.2) is 24.4 Å². The summed E-state index contributed by atoms with van der Waals surface area (Å²) in [6, 6.07) is 6.43. The van der Waals surface area contributed by atoms with Crippen LogP contribution in [-0.4, -0.2) is 38.3 Å². The van der Waals surface area contributed by atoms with Crippen LogP contribution in [0.3, 0.4) is 0 Å². The number of halogens is 2. The number of anilines is 2. The lowest BCUT2D eigenvalue weighted by Gasteiger charge is -2.24. The van der Waals surface area contributed by atoms with E-state index in [2.05, 4.69) is 37.1 Å². The summed E-state index contributed by atoms with van der Waals surface area (Å²) in [7, 11) is 0. The van der Waals surface area contributed by atoms with Crippen LogP contribution in [0.15, 0.2) is 41.7 Å². The number of hydrogen-bond acceptors (Lipinski definition) is 7. The number of aliphatic imine (C=N–C) groups is 1. The lowest BCUT2D eigenvalue weighted by atomic mass is 10.0. The Bertz CT molecular complexity index is 1220. The second-order valence-electron chi connectivity index (χ2n) is 7.54. The second kappa shape index (κ2) is 10.9. The molecule has 0 atom stereocenters. The number of nitrogens with two attached hydrogens (primary N) is 1. The van der Waals surface area contributed by atoms with Crippen LogP contribution < -0.4 is 15.8 Å². The molecular weight excluding hydrogens is 446 g/mol. The summed E-state index contributed by atoms with van der Waals surface area (Å²) < 4.78 is 31.9. The minimum absolute atomic E-state index is 0.126. The van der Waals surface area contributed by atoms with E-state index in [1.807, 2.05) is 13.8 Å². The van der Waals surface area contributed by atoms with Gasteiger partial charge < -0.3 is 15.8 Å². The summed E-state index contributed by atoms with van der Waals surface area (Å²) >= 11 is 1.20. The normalized spacial score (nSPS) is 11.7. The first-order valence-electron chi connectivity index (χ1n) is 10.1. The van der Waals surface area contributed by atoms with Gasteiger partial charge in [-0.05, 0) is 57.0 Å². The number of amidine groups is 1. The van der Waals surface area contributed by atoms with E-state index < -0.39 is 11.5 Å². The SMILES string of the molecule is CC#CCOc1cnc2c(Nc3ccc(F)c(CC(C)(C)S/C(N)=N\CF)c3)nccc2n1. The van der Waals surface area contributed by atoms with Crippen LogP contribution in [0.2, 0.25) is 0 Å². The molecule has 10 heteroatoms. The average molecular weight is 471 g/mol. The average Bonchev–Trinajstić information content (AvgIpc) is 2.76. The van der Waals surface area contributed by atoms with Gasteiger partial charge in [-0.2, -0.15) is 0 Å². The highest BCUT2D eigenvalue weighted by Crippen LogP contribution is 2.31. The highest BCUT2D eigenvalue weighted by Gasteiger charge is 2.23. The summed E-state index contributed by atoms with van der Waals surface area (Å²) in [5.74, 6) is 6.05. The molecule has 0 unspecified atom stereocenters. The standard InChI is InChI=1S/C23H24F2N6OS/c1-4-5-10-32-19-13-28-20-18(31-19)8-9-27-21(20)30-16-6-7-17(25)15(11-16)12-23(2,3)33-22(26)29-14-24/h6-9,11,13H,10,12,14H2,1-3H3,(H2,26,29)(H,27,30). The number of ether oxygens (including phenoxy) is 1. The topological polar surface area (TPSA) is 98.3 Å². The number of benzene rings is 1. The Hall–Kier alpha value is -3.45. The van der Waals surface area contributed by atoms with Crippen molar-refractivity contribution in [1.29, 1.82) is 0 Å². The third kappa shape index (κ3) is 6.76. The molecule has 2 heterocycles. The van der Waals surface area contributed by atoms with Crippen LogP contribution in [0.25, 0.3) is 11.0 Å². The molecule has 0 amide bonds. The smallest absolute Gasteiger partial charge is 0.233 e. The maximum atomic E-state index is 14.5. The first-order chi connectivity index (χ1) is 15.8. The van der Waals surface area contributed by atoms with Gasteiger partial charge in [0.1, 0.15) is 11.3 Å². The van der Waals surface area contributed by atoms with Crippen molar-refractivity contribution >= 4 is 39.5 Å². The monoisotopic (exact) mass is 470 g/mol. The molecule has 2 aromatic heterocycles. The van der Waals surface area contributed by atoms with Gasteiger partial charge >= 0.3 is 0 Å². The Labute approximate surface area is 195 Å². The molecule has 3 N–H and O–H groups in total. The summed E-state index contributed by atoms with van der Waals surface area (Å²) in [5.41, 5.74) is 7.97. The minimum atomic E-state index is -0.885. The highest BCUT2D eigenvalue weighted by atomic mass is 32.2. The maximum Gasteiger partial charge on any atom is 0.233 e. The van der Waals surface area contributed by atoms with Crippen molar-refractivity contribution in [3.05, 3.63) is 48.0 Å². The number of thioether (sulfide) groups is 1. The molecule has 7 nitrogen and oxygen atoms in total. The Morgan fingerprint density at radius 3 is 2.88 bits per heavy atom. The number of fused-ring (bicyclic) bond motifs is 1. The molecule has 0 saturated heterocycles. The van der Waals surface area contributed by atoms with E-state index in [1.54, 1.807) is 31.3 Å². The predicted molar refractivity (Wildman–Crippen MR) is 129 cm³/mol. The van der Waals surface area contributed by atoms with Crippen molar-refractivity contribution in [3.63, 3.8) is 0 Å². The van der Waals surface area contributed by atoms with Gasteiger partial charge in [0, 0.05) is 16.6 Å². The molecule has 0 bridgehead atoms. The van der Waals surface area contributed by atoms with Crippen LogP contribution in [0.4, 0.5) is 20.3 Å². The van der Waals surface area contributed by atoms with Crippen molar-refractivity contribution in [3.8, 4) is 17.7 Å². The van der Waals surface area contributed by atoms with Crippen molar-refractivity contribution in [2.45, 2.75) is 31.9 Å². The zero-order valence-electron chi connectivity index (χ0n) is 18.5. The van der Waals surface area contributed by atoms with Gasteiger partial charge in [0.05, 0.1) is 11.7 Å². The van der Waals surface area contributed by atoms with Gasteiger partial charge in [0.2, 0.25) is 5.88 Å². The largest absolute Gasteiger partial charge is 0.463 e. The lowest BCUT2D eigenvalue weighted by Crippen LogP contribution is -2.25. The number of alkyl halides is 1. The fraction of sp³-hybridized carbons (Fsp3) is 0.304. The molecule has 33 heavy (non-hydrogen) atoms. The fourth-order valence-electron chi connectivity index (χ4n) is 3.07. The number of pyridine rings is 1. The Morgan fingerprint density at radius 1 is 1.30 bits per heavy atom. The number of aromatic nitrogens is 3.